The fraction of sp³-hybridized carbons (Fsp3) is 0. The van der Waals surface area contributed by atoms with E-state index in [4.69, 9.17) is 0 Å². The first kappa shape index (κ1) is 10.2. The molecule has 5 heteroatoms. The third-order valence-corrected chi connectivity index (χ3v) is 2.84. The van der Waals surface area contributed by atoms with Gasteiger partial charge in [0.05, 0.1) is 16.4 Å². The van der Waals surface area contributed by atoms with Crippen LogP contribution >= 0.6 is 24.0 Å². The van der Waals surface area contributed by atoms with Gasteiger partial charge in [0.25, 0.3) is 0 Å². The first-order valence-electron chi connectivity index (χ1n) is 4.23. The lowest BCUT2D eigenvalue weighted by atomic mass is 10.3. The van der Waals surface area contributed by atoms with Crippen LogP contribution in [0.3, 0.4) is 0 Å². The molecule has 3 aromatic rings. The number of nitrogens with zero attached hydrogens (tertiary/aromatic N) is 2. The number of rotatable bonds is 0. The predicted octanol–water partition coefficient (Wildman–Crippen LogP) is 3.26. The van der Waals surface area contributed by atoms with Crippen LogP contribution in [0.15, 0.2) is 51.9 Å². The van der Waals surface area contributed by atoms with E-state index >= 15 is 0 Å². The topological polar surface area (TPSA) is 38.9 Å². The average Bonchev–Trinajstić information content (AvgIpc) is 2.87. The molecule has 0 aliphatic heterocycles. The molecule has 0 amide bonds. The third kappa shape index (κ3) is 2.81. The van der Waals surface area contributed by atoms with Crippen molar-refractivity contribution in [1.82, 2.24) is 9.97 Å². The summed E-state index contributed by atoms with van der Waals surface area (Å²) in [6, 6.07) is 8.03. The molecule has 76 valence electrons. The van der Waals surface area contributed by atoms with Gasteiger partial charge in [-0.1, -0.05) is 12.1 Å². The molecule has 0 N–H and O–H groups in total. The fourth-order valence-corrected chi connectivity index (χ4v) is 2.14. The summed E-state index contributed by atoms with van der Waals surface area (Å²) in [5.41, 5.74) is 1.04. The molecule has 0 unspecified atom stereocenters. The summed E-state index contributed by atoms with van der Waals surface area (Å²) < 4.78 is 6.51. The Bertz CT molecular complexity index is 469. The molecule has 0 aliphatic rings. The summed E-state index contributed by atoms with van der Waals surface area (Å²) in [6.07, 6.45) is 4.47. The maximum atomic E-state index is 4.47. The van der Waals surface area contributed by atoms with E-state index in [-0.39, 0.29) is 0 Å². The molecule has 0 atom stereocenters. The number of thiazole rings is 1. The van der Waals surface area contributed by atoms with Crippen molar-refractivity contribution in [3.05, 3.63) is 43.1 Å². The lowest BCUT2D eigenvalue weighted by molar-refractivity contribution is 0.558. The zero-order valence-electron chi connectivity index (χ0n) is 7.70. The van der Waals surface area contributed by atoms with Crippen LogP contribution in [0.25, 0.3) is 10.2 Å². The maximum Gasteiger partial charge on any atom is 0.180 e. The number of hydrogen-bond acceptors (Lipinski definition) is 5. The molecular weight excluding hydrogens is 228 g/mol. The van der Waals surface area contributed by atoms with Gasteiger partial charge in [-0.2, -0.15) is 0 Å². The summed E-state index contributed by atoms with van der Waals surface area (Å²) in [7, 11) is 0. The molecular formula is C10H8N2OS2. The van der Waals surface area contributed by atoms with Gasteiger partial charge in [0.2, 0.25) is 0 Å². The van der Waals surface area contributed by atoms with E-state index < -0.39 is 0 Å². The molecule has 2 heterocycles. The number of aromatic nitrogens is 2. The van der Waals surface area contributed by atoms with Crippen LogP contribution in [0.1, 0.15) is 0 Å². The molecule has 0 fully saturated rings. The minimum atomic E-state index is 0.834. The van der Waals surface area contributed by atoms with Crippen LogP contribution in [-0.4, -0.2) is 9.97 Å². The second-order valence-electron chi connectivity index (χ2n) is 2.64. The van der Waals surface area contributed by atoms with E-state index in [2.05, 4.69) is 27.0 Å². The summed E-state index contributed by atoms with van der Waals surface area (Å²) in [4.78, 5) is 7.75. The Morgan fingerprint density at radius 1 is 1.27 bits per heavy atom. The number of para-hydroxylation sites is 1. The van der Waals surface area contributed by atoms with Crippen molar-refractivity contribution in [2.75, 3.05) is 0 Å². The Morgan fingerprint density at radius 3 is 2.73 bits per heavy atom. The zero-order valence-corrected chi connectivity index (χ0v) is 9.41. The number of hydrogen-bond donors (Lipinski definition) is 1. The van der Waals surface area contributed by atoms with Gasteiger partial charge in [0.1, 0.15) is 10.6 Å². The lowest BCUT2D eigenvalue weighted by Crippen LogP contribution is -1.63. The van der Waals surface area contributed by atoms with Gasteiger partial charge in [-0.05, 0) is 12.1 Å². The standard InChI is InChI=1S/C7H5NS2.C3H3NO/c9-7-8-5-3-1-2-4-6(5)10-7;1-2-5-3-4-1/h1-4H,(H,8,9);1-3H. The monoisotopic (exact) mass is 236 g/mol. The third-order valence-electron chi connectivity index (χ3n) is 1.63. The van der Waals surface area contributed by atoms with Crippen molar-refractivity contribution < 1.29 is 4.42 Å². The quantitative estimate of drug-likeness (QED) is 0.609. The van der Waals surface area contributed by atoms with Crippen LogP contribution in [0.2, 0.25) is 0 Å². The van der Waals surface area contributed by atoms with Crippen molar-refractivity contribution in [2.45, 2.75) is 4.34 Å². The van der Waals surface area contributed by atoms with Crippen LogP contribution in [0.5, 0.6) is 0 Å². The van der Waals surface area contributed by atoms with Gasteiger partial charge >= 0.3 is 0 Å². The van der Waals surface area contributed by atoms with Gasteiger partial charge in [-0.3, -0.25) is 0 Å². The number of oxazole rings is 1. The second-order valence-corrected chi connectivity index (χ2v) is 4.40. The summed E-state index contributed by atoms with van der Waals surface area (Å²) >= 11 is 5.76. The van der Waals surface area contributed by atoms with Crippen LogP contribution in [0.4, 0.5) is 0 Å². The van der Waals surface area contributed by atoms with Gasteiger partial charge in [0, 0.05) is 0 Å². The van der Waals surface area contributed by atoms with Crippen molar-refractivity contribution in [3.8, 4) is 0 Å². The van der Waals surface area contributed by atoms with Crippen molar-refractivity contribution in [1.29, 1.82) is 0 Å². The van der Waals surface area contributed by atoms with E-state index in [0.29, 0.717) is 0 Å². The molecule has 0 radical (unpaired) electrons. The first-order chi connectivity index (χ1) is 7.36. The normalized spacial score (nSPS) is 9.67. The van der Waals surface area contributed by atoms with Gasteiger partial charge < -0.3 is 4.42 Å². The highest BCUT2D eigenvalue weighted by molar-refractivity contribution is 7.82. The van der Waals surface area contributed by atoms with Crippen LogP contribution in [0, 0.1) is 0 Å². The molecule has 0 aliphatic carbocycles. The average molecular weight is 236 g/mol. The van der Waals surface area contributed by atoms with Crippen molar-refractivity contribution in [3.63, 3.8) is 0 Å². The Balaban J connectivity index is 0.000000144. The number of benzene rings is 1. The largest absolute Gasteiger partial charge is 0.452 e. The summed E-state index contributed by atoms with van der Waals surface area (Å²) in [5.74, 6) is 0. The Hall–Kier alpha value is -1.33. The van der Waals surface area contributed by atoms with Crippen LogP contribution < -0.4 is 0 Å². The number of thiol groups is 1. The second kappa shape index (κ2) is 4.95. The molecule has 2 aromatic heterocycles. The molecule has 0 saturated carbocycles. The fourth-order valence-electron chi connectivity index (χ4n) is 1.04. The predicted molar refractivity (Wildman–Crippen MR) is 63.4 cm³/mol. The molecule has 3 nitrogen and oxygen atoms in total. The minimum Gasteiger partial charge on any atom is -0.452 e. The molecule has 0 spiro atoms. The minimum absolute atomic E-state index is 0.834. The Labute approximate surface area is 96.2 Å². The van der Waals surface area contributed by atoms with E-state index in [1.165, 1.54) is 17.4 Å². The SMILES string of the molecule is Sc1nc2ccccc2s1.c1cocn1. The van der Waals surface area contributed by atoms with E-state index in [9.17, 15) is 0 Å². The molecule has 0 bridgehead atoms. The molecule has 3 rings (SSSR count). The molecule has 15 heavy (non-hydrogen) atoms. The van der Waals surface area contributed by atoms with Gasteiger partial charge in [0.15, 0.2) is 6.39 Å². The highest BCUT2D eigenvalue weighted by atomic mass is 32.2. The Kier molecular flexibility index (Phi) is 3.37. The smallest absolute Gasteiger partial charge is 0.180 e. The van der Waals surface area contributed by atoms with E-state index in [1.54, 1.807) is 17.5 Å². The van der Waals surface area contributed by atoms with Gasteiger partial charge in [-0.25, -0.2) is 9.97 Å². The highest BCUT2D eigenvalue weighted by Crippen LogP contribution is 2.23. The van der Waals surface area contributed by atoms with Crippen molar-refractivity contribution >= 4 is 34.2 Å². The highest BCUT2D eigenvalue weighted by Gasteiger charge is 1.96. The lowest BCUT2D eigenvalue weighted by Gasteiger charge is -1.80. The summed E-state index contributed by atoms with van der Waals surface area (Å²) in [6.45, 7) is 0. The molecule has 1 aromatic carbocycles. The first-order valence-corrected chi connectivity index (χ1v) is 5.49. The van der Waals surface area contributed by atoms with E-state index in [1.807, 2.05) is 24.3 Å². The zero-order chi connectivity index (χ0) is 10.5. The van der Waals surface area contributed by atoms with E-state index in [0.717, 1.165) is 9.86 Å². The molecule has 0 saturated heterocycles. The van der Waals surface area contributed by atoms with Gasteiger partial charge in [-0.15, -0.1) is 24.0 Å². The van der Waals surface area contributed by atoms with Crippen molar-refractivity contribution in [2.24, 2.45) is 0 Å². The van der Waals surface area contributed by atoms with Crippen LogP contribution in [-0.2, 0) is 0 Å². The Morgan fingerprint density at radius 2 is 2.13 bits per heavy atom. The maximum absolute atomic E-state index is 4.47. The number of fused-ring (bicyclic) bond motifs is 1. The summed E-state index contributed by atoms with van der Waals surface area (Å²) in [5, 5.41) is 0.